The molecular formula is C21H37N4O3S+. The molecule has 0 aromatic heterocycles. The number of carbonyl (C=O) groups is 1. The van der Waals surface area contributed by atoms with Crippen molar-refractivity contribution in [2.45, 2.75) is 50.8 Å². The van der Waals surface area contributed by atoms with E-state index in [0.29, 0.717) is 25.3 Å². The van der Waals surface area contributed by atoms with Crippen LogP contribution in [0.15, 0.2) is 23.1 Å². The van der Waals surface area contributed by atoms with Crippen LogP contribution in [0.2, 0.25) is 0 Å². The number of benzene rings is 1. The summed E-state index contributed by atoms with van der Waals surface area (Å²) in [7, 11) is 0.184. The maximum absolute atomic E-state index is 12.9. The summed E-state index contributed by atoms with van der Waals surface area (Å²) < 4.78 is 27.2. The molecule has 0 spiro atoms. The number of likely N-dealkylation sites (tertiary alicyclic amines) is 1. The highest BCUT2D eigenvalue weighted by atomic mass is 32.2. The number of amides is 1. The number of sulfonamides is 1. The standard InChI is InChI=1S/C21H36N4O3S/c1-5-25(6-2)29(27,28)18-12-13-20(23(3)4)19(16-18)22-21(26)17-24-14-10-8-7-9-11-15-24/h12-13,16H,5-11,14-15,17H2,1-4H3,(H,22,26)/p+1. The third-order valence-electron chi connectivity index (χ3n) is 5.54. The van der Waals surface area contributed by atoms with Gasteiger partial charge in [0.05, 0.1) is 29.4 Å². The first-order valence-electron chi connectivity index (χ1n) is 10.7. The van der Waals surface area contributed by atoms with Crippen LogP contribution in [0.25, 0.3) is 0 Å². The largest absolute Gasteiger partial charge is 0.376 e. The number of hydrogen-bond donors (Lipinski definition) is 2. The summed E-state index contributed by atoms with van der Waals surface area (Å²) in [6, 6.07) is 4.96. The van der Waals surface area contributed by atoms with Crippen LogP contribution in [0.4, 0.5) is 11.4 Å². The maximum atomic E-state index is 12.9. The Balaban J connectivity index is 2.22. The zero-order chi connectivity index (χ0) is 21.4. The number of rotatable bonds is 8. The van der Waals surface area contributed by atoms with E-state index < -0.39 is 10.0 Å². The first kappa shape index (κ1) is 23.6. The fourth-order valence-electron chi connectivity index (χ4n) is 3.88. The Morgan fingerprint density at radius 2 is 1.62 bits per heavy atom. The van der Waals surface area contributed by atoms with Gasteiger partial charge in [-0.1, -0.05) is 20.3 Å². The summed E-state index contributed by atoms with van der Waals surface area (Å²) in [4.78, 5) is 16.1. The van der Waals surface area contributed by atoms with E-state index in [2.05, 4.69) is 5.32 Å². The van der Waals surface area contributed by atoms with Crippen molar-refractivity contribution in [2.75, 3.05) is 57.0 Å². The Morgan fingerprint density at radius 3 is 2.17 bits per heavy atom. The molecule has 2 N–H and O–H groups in total. The Kier molecular flexibility index (Phi) is 8.92. The van der Waals surface area contributed by atoms with Crippen LogP contribution in [-0.2, 0) is 14.8 Å². The number of nitrogens with one attached hydrogen (secondary N) is 2. The highest BCUT2D eigenvalue weighted by Gasteiger charge is 2.24. The topological polar surface area (TPSA) is 74.2 Å². The van der Waals surface area contributed by atoms with Gasteiger partial charge in [-0.25, -0.2) is 8.42 Å². The van der Waals surface area contributed by atoms with Gasteiger partial charge in [0.15, 0.2) is 6.54 Å². The number of quaternary nitrogens is 1. The van der Waals surface area contributed by atoms with Gasteiger partial charge in [-0.2, -0.15) is 4.31 Å². The molecule has 1 fully saturated rings. The molecule has 0 aliphatic carbocycles. The molecule has 0 radical (unpaired) electrons. The van der Waals surface area contributed by atoms with E-state index in [1.165, 1.54) is 28.5 Å². The van der Waals surface area contributed by atoms with Gasteiger partial charge >= 0.3 is 0 Å². The Labute approximate surface area is 176 Å². The molecule has 1 amide bonds. The average molecular weight is 426 g/mol. The second kappa shape index (κ2) is 10.9. The molecule has 1 heterocycles. The van der Waals surface area contributed by atoms with Crippen molar-refractivity contribution in [1.82, 2.24) is 4.31 Å². The van der Waals surface area contributed by atoms with Gasteiger partial charge in [0.1, 0.15) is 0 Å². The molecule has 29 heavy (non-hydrogen) atoms. The molecule has 1 aromatic rings. The Bertz CT molecular complexity index is 768. The van der Waals surface area contributed by atoms with Crippen molar-refractivity contribution in [1.29, 1.82) is 0 Å². The lowest BCUT2D eigenvalue weighted by atomic mass is 10.1. The van der Waals surface area contributed by atoms with E-state index in [9.17, 15) is 13.2 Å². The second-order valence-corrected chi connectivity index (χ2v) is 9.84. The predicted molar refractivity (Wildman–Crippen MR) is 118 cm³/mol. The highest BCUT2D eigenvalue weighted by molar-refractivity contribution is 7.89. The van der Waals surface area contributed by atoms with E-state index in [0.717, 1.165) is 31.6 Å². The highest BCUT2D eigenvalue weighted by Crippen LogP contribution is 2.29. The molecule has 8 heteroatoms. The van der Waals surface area contributed by atoms with E-state index in [4.69, 9.17) is 0 Å². The van der Waals surface area contributed by atoms with Crippen molar-refractivity contribution in [3.8, 4) is 0 Å². The molecule has 0 atom stereocenters. The summed E-state index contributed by atoms with van der Waals surface area (Å²) in [5.41, 5.74) is 1.33. The van der Waals surface area contributed by atoms with Gasteiger partial charge in [-0.3, -0.25) is 4.79 Å². The van der Waals surface area contributed by atoms with Crippen molar-refractivity contribution in [2.24, 2.45) is 0 Å². The van der Waals surface area contributed by atoms with Crippen molar-refractivity contribution >= 4 is 27.3 Å². The second-order valence-electron chi connectivity index (χ2n) is 7.91. The van der Waals surface area contributed by atoms with Crippen LogP contribution in [0.3, 0.4) is 0 Å². The molecule has 1 aromatic carbocycles. The van der Waals surface area contributed by atoms with Gasteiger partial charge < -0.3 is 15.1 Å². The first-order chi connectivity index (χ1) is 13.8. The summed E-state index contributed by atoms with van der Waals surface area (Å²) in [6.45, 7) is 6.92. The van der Waals surface area contributed by atoms with Crippen LogP contribution in [-0.4, -0.2) is 65.4 Å². The Hall–Kier alpha value is -1.64. The lowest BCUT2D eigenvalue weighted by molar-refractivity contribution is -0.892. The minimum Gasteiger partial charge on any atom is -0.376 e. The maximum Gasteiger partial charge on any atom is 0.279 e. The van der Waals surface area contributed by atoms with E-state index >= 15 is 0 Å². The summed E-state index contributed by atoms with van der Waals surface area (Å²) in [6.07, 6.45) is 6.08. The van der Waals surface area contributed by atoms with Crippen LogP contribution < -0.4 is 15.1 Å². The molecule has 0 bridgehead atoms. The third-order valence-corrected chi connectivity index (χ3v) is 7.58. The molecule has 0 unspecified atom stereocenters. The number of anilines is 2. The quantitative estimate of drug-likeness (QED) is 0.663. The molecule has 7 nitrogen and oxygen atoms in total. The minimum absolute atomic E-state index is 0.0685. The van der Waals surface area contributed by atoms with Gasteiger partial charge in [-0.15, -0.1) is 0 Å². The molecule has 1 aliphatic heterocycles. The average Bonchev–Trinajstić information content (AvgIpc) is 2.64. The predicted octanol–water partition coefficient (Wildman–Crippen LogP) is 1.57. The smallest absolute Gasteiger partial charge is 0.279 e. The SMILES string of the molecule is CCN(CC)S(=O)(=O)c1ccc(N(C)C)c(NC(=O)C[NH+]2CCCCCCC2)c1. The number of nitrogens with zero attached hydrogens (tertiary/aromatic N) is 2. The number of carbonyl (C=O) groups excluding carboxylic acids is 1. The fourth-order valence-corrected chi connectivity index (χ4v) is 5.37. The van der Waals surface area contributed by atoms with Crippen LogP contribution in [0.5, 0.6) is 0 Å². The first-order valence-corrected chi connectivity index (χ1v) is 12.2. The van der Waals surface area contributed by atoms with E-state index in [1.54, 1.807) is 18.2 Å². The summed E-state index contributed by atoms with van der Waals surface area (Å²) in [5.74, 6) is -0.0685. The van der Waals surface area contributed by atoms with E-state index in [1.807, 2.05) is 32.8 Å². The summed E-state index contributed by atoms with van der Waals surface area (Å²) in [5, 5.41) is 2.98. The zero-order valence-electron chi connectivity index (χ0n) is 18.3. The molecule has 164 valence electrons. The van der Waals surface area contributed by atoms with Crippen molar-refractivity contribution < 1.29 is 18.1 Å². The molecule has 2 rings (SSSR count). The molecule has 1 aliphatic rings. The minimum atomic E-state index is -3.58. The van der Waals surface area contributed by atoms with Crippen LogP contribution in [0.1, 0.15) is 46.0 Å². The van der Waals surface area contributed by atoms with E-state index in [-0.39, 0.29) is 10.8 Å². The zero-order valence-corrected chi connectivity index (χ0v) is 19.1. The van der Waals surface area contributed by atoms with Crippen molar-refractivity contribution in [3.63, 3.8) is 0 Å². The van der Waals surface area contributed by atoms with Gasteiger partial charge in [0.25, 0.3) is 5.91 Å². The lowest BCUT2D eigenvalue weighted by Crippen LogP contribution is -3.13. The van der Waals surface area contributed by atoms with Crippen LogP contribution >= 0.6 is 0 Å². The van der Waals surface area contributed by atoms with Crippen molar-refractivity contribution in [3.05, 3.63) is 18.2 Å². The van der Waals surface area contributed by atoms with Gasteiger partial charge in [-0.05, 0) is 43.9 Å². The third kappa shape index (κ3) is 6.42. The van der Waals surface area contributed by atoms with Crippen LogP contribution in [0, 0.1) is 0 Å². The molecule has 0 saturated carbocycles. The lowest BCUT2D eigenvalue weighted by Gasteiger charge is -2.23. The molecular weight excluding hydrogens is 388 g/mol. The van der Waals surface area contributed by atoms with Gasteiger partial charge in [0, 0.05) is 27.2 Å². The molecule has 1 saturated heterocycles. The summed E-state index contributed by atoms with van der Waals surface area (Å²) >= 11 is 0. The monoisotopic (exact) mass is 425 g/mol. The number of hydrogen-bond acceptors (Lipinski definition) is 4. The van der Waals surface area contributed by atoms with Gasteiger partial charge in [0.2, 0.25) is 10.0 Å². The fraction of sp³-hybridized carbons (Fsp3) is 0.667. The normalized spacial score (nSPS) is 16.3. The Morgan fingerprint density at radius 1 is 1.03 bits per heavy atom.